The van der Waals surface area contributed by atoms with Crippen LogP contribution in [0.5, 0.6) is 0 Å². The molecule has 0 saturated carbocycles. The molecule has 21 heavy (non-hydrogen) atoms. The third-order valence-electron chi connectivity index (χ3n) is 3.32. The van der Waals surface area contributed by atoms with E-state index in [1.807, 2.05) is 42.5 Å². The molecular weight excluding hydrogens is 292 g/mol. The van der Waals surface area contributed by atoms with Crippen molar-refractivity contribution in [1.29, 1.82) is 0 Å². The molecule has 1 aromatic carbocycles. The van der Waals surface area contributed by atoms with Gasteiger partial charge in [-0.2, -0.15) is 0 Å². The Morgan fingerprint density at radius 2 is 1.76 bits per heavy atom. The molecule has 1 heterocycles. The molecule has 0 amide bonds. The predicted octanol–water partition coefficient (Wildman–Crippen LogP) is 0.233. The highest BCUT2D eigenvalue weighted by atomic mass is 32.2. The Morgan fingerprint density at radius 3 is 2.43 bits per heavy atom. The molecule has 1 aliphatic rings. The summed E-state index contributed by atoms with van der Waals surface area (Å²) in [6, 6.07) is 9.80. The van der Waals surface area contributed by atoms with Gasteiger partial charge in [-0.1, -0.05) is 42.5 Å². The van der Waals surface area contributed by atoms with Gasteiger partial charge in [-0.25, -0.2) is 0 Å². The van der Waals surface area contributed by atoms with Crippen molar-refractivity contribution in [3.63, 3.8) is 0 Å². The average molecular weight is 312 g/mol. The van der Waals surface area contributed by atoms with Crippen LogP contribution < -0.4 is 0 Å². The Kier molecular flexibility index (Phi) is 6.22. The van der Waals surface area contributed by atoms with E-state index in [9.17, 15) is 15.3 Å². The van der Waals surface area contributed by atoms with Crippen LogP contribution in [-0.4, -0.2) is 62.6 Å². The highest BCUT2D eigenvalue weighted by Crippen LogP contribution is 2.28. The summed E-state index contributed by atoms with van der Waals surface area (Å²) in [6.45, 7) is -0.401. The van der Waals surface area contributed by atoms with E-state index in [2.05, 4.69) is 0 Å². The molecule has 0 aliphatic carbocycles. The van der Waals surface area contributed by atoms with Crippen LogP contribution in [0.4, 0.5) is 0 Å². The maximum absolute atomic E-state index is 9.88. The van der Waals surface area contributed by atoms with Gasteiger partial charge >= 0.3 is 0 Å². The van der Waals surface area contributed by atoms with Gasteiger partial charge in [0.25, 0.3) is 0 Å². The Morgan fingerprint density at radius 1 is 1.05 bits per heavy atom. The fourth-order valence-electron chi connectivity index (χ4n) is 2.10. The van der Waals surface area contributed by atoms with Crippen molar-refractivity contribution in [3.05, 3.63) is 42.0 Å². The Hall–Kier alpha value is -0.890. The lowest BCUT2D eigenvalue weighted by molar-refractivity contribution is -0.205. The molecule has 0 aromatic heterocycles. The van der Waals surface area contributed by atoms with Crippen LogP contribution in [0.3, 0.4) is 0 Å². The summed E-state index contributed by atoms with van der Waals surface area (Å²) in [6.07, 6.45) is -0.761. The van der Waals surface area contributed by atoms with E-state index in [0.717, 1.165) is 5.56 Å². The summed E-state index contributed by atoms with van der Waals surface area (Å²) in [4.78, 5) is 0. The normalized spacial score (nSPS) is 33.4. The van der Waals surface area contributed by atoms with Gasteiger partial charge in [0.05, 0.1) is 6.61 Å². The lowest BCUT2D eigenvalue weighted by atomic mass is 10.0. The highest BCUT2D eigenvalue weighted by Gasteiger charge is 2.43. The molecule has 1 fully saturated rings. The molecule has 0 unspecified atom stereocenters. The summed E-state index contributed by atoms with van der Waals surface area (Å²) in [5, 5.41) is 38.3. The maximum atomic E-state index is 9.88. The van der Waals surface area contributed by atoms with E-state index in [-0.39, 0.29) is 0 Å². The van der Waals surface area contributed by atoms with Crippen LogP contribution in [0.15, 0.2) is 36.4 Å². The van der Waals surface area contributed by atoms with Gasteiger partial charge in [0.1, 0.15) is 29.9 Å². The number of rotatable bonds is 5. The van der Waals surface area contributed by atoms with Gasteiger partial charge in [-0.3, -0.25) is 0 Å². The minimum Gasteiger partial charge on any atom is -0.394 e. The second kappa shape index (κ2) is 7.93. The van der Waals surface area contributed by atoms with E-state index in [4.69, 9.17) is 9.84 Å². The number of benzene rings is 1. The average Bonchev–Trinajstić information content (AvgIpc) is 2.52. The third-order valence-corrected chi connectivity index (χ3v) is 4.42. The lowest BCUT2D eigenvalue weighted by Crippen LogP contribution is -2.57. The standard InChI is InChI=1S/C15H20O5S/c16-9-11-12(17)13(18)14(19)15(20-11)21-8-4-7-10-5-2-1-3-6-10/h1-7,11-19H,8-9H2/t11-,12-,13+,14+,15-/m1/s1. The molecule has 4 N–H and O–H groups in total. The first-order valence-corrected chi connectivity index (χ1v) is 7.82. The van der Waals surface area contributed by atoms with Crippen LogP contribution in [0.1, 0.15) is 5.56 Å². The molecule has 5 atom stereocenters. The minimum absolute atomic E-state index is 0.401. The summed E-state index contributed by atoms with van der Waals surface area (Å²) in [7, 11) is 0. The van der Waals surface area contributed by atoms with Crippen molar-refractivity contribution in [2.75, 3.05) is 12.4 Å². The first kappa shape index (κ1) is 16.5. The van der Waals surface area contributed by atoms with E-state index in [1.165, 1.54) is 11.8 Å². The topological polar surface area (TPSA) is 90.2 Å². The minimum atomic E-state index is -1.31. The van der Waals surface area contributed by atoms with E-state index in [0.29, 0.717) is 5.75 Å². The SMILES string of the molecule is OC[C@H]1O[C@H](SCC=Cc2ccccc2)[C@@H](O)[C@@H](O)[C@@H]1O. The van der Waals surface area contributed by atoms with Crippen LogP contribution in [0, 0.1) is 0 Å². The number of ether oxygens (including phenoxy) is 1. The molecule has 6 heteroatoms. The summed E-state index contributed by atoms with van der Waals surface area (Å²) >= 11 is 1.31. The van der Waals surface area contributed by atoms with E-state index >= 15 is 0 Å². The van der Waals surface area contributed by atoms with Gasteiger partial charge in [0.15, 0.2) is 0 Å². The van der Waals surface area contributed by atoms with Crippen LogP contribution >= 0.6 is 11.8 Å². The maximum Gasteiger partial charge on any atom is 0.132 e. The van der Waals surface area contributed by atoms with Gasteiger partial charge in [-0.15, -0.1) is 11.8 Å². The molecule has 5 nitrogen and oxygen atoms in total. The van der Waals surface area contributed by atoms with Crippen LogP contribution in [0.25, 0.3) is 6.08 Å². The zero-order valence-electron chi connectivity index (χ0n) is 11.4. The summed E-state index contributed by atoms with van der Waals surface area (Å²) in [5.74, 6) is 0.581. The molecule has 116 valence electrons. The van der Waals surface area contributed by atoms with Crippen molar-refractivity contribution in [2.45, 2.75) is 29.9 Å². The first-order chi connectivity index (χ1) is 10.1. The lowest BCUT2D eigenvalue weighted by Gasteiger charge is -2.39. The first-order valence-electron chi connectivity index (χ1n) is 6.77. The summed E-state index contributed by atoms with van der Waals surface area (Å²) in [5.41, 5.74) is 0.396. The Bertz CT molecular complexity index is 451. The molecule has 1 aromatic rings. The number of thioether (sulfide) groups is 1. The number of aliphatic hydroxyl groups is 4. The van der Waals surface area contributed by atoms with Crippen molar-refractivity contribution in [1.82, 2.24) is 0 Å². The van der Waals surface area contributed by atoms with E-state index in [1.54, 1.807) is 0 Å². The molecule has 1 saturated heterocycles. The zero-order chi connectivity index (χ0) is 15.2. The molecule has 0 bridgehead atoms. The highest BCUT2D eigenvalue weighted by molar-refractivity contribution is 7.99. The smallest absolute Gasteiger partial charge is 0.132 e. The largest absolute Gasteiger partial charge is 0.394 e. The molecule has 0 spiro atoms. The number of hydrogen-bond acceptors (Lipinski definition) is 6. The fourth-order valence-corrected chi connectivity index (χ4v) is 3.08. The van der Waals surface area contributed by atoms with Crippen LogP contribution in [0.2, 0.25) is 0 Å². The Balaban J connectivity index is 1.86. The van der Waals surface area contributed by atoms with Crippen molar-refractivity contribution >= 4 is 17.8 Å². The Labute approximate surface area is 127 Å². The second-order valence-electron chi connectivity index (χ2n) is 4.84. The quantitative estimate of drug-likeness (QED) is 0.622. The summed E-state index contributed by atoms with van der Waals surface area (Å²) < 4.78 is 5.40. The third kappa shape index (κ3) is 4.29. The predicted molar refractivity (Wildman–Crippen MR) is 81.7 cm³/mol. The molecular formula is C15H20O5S. The number of aliphatic hydroxyl groups excluding tert-OH is 4. The van der Waals surface area contributed by atoms with Crippen molar-refractivity contribution in [2.24, 2.45) is 0 Å². The van der Waals surface area contributed by atoms with Crippen LogP contribution in [-0.2, 0) is 4.74 Å². The number of hydrogen-bond donors (Lipinski definition) is 4. The van der Waals surface area contributed by atoms with Crippen molar-refractivity contribution in [3.8, 4) is 0 Å². The monoisotopic (exact) mass is 312 g/mol. The molecule has 2 rings (SSSR count). The van der Waals surface area contributed by atoms with Gasteiger partial charge < -0.3 is 25.2 Å². The van der Waals surface area contributed by atoms with Crippen molar-refractivity contribution < 1.29 is 25.2 Å². The van der Waals surface area contributed by atoms with Gasteiger partial charge in [0, 0.05) is 5.75 Å². The van der Waals surface area contributed by atoms with Gasteiger partial charge in [0.2, 0.25) is 0 Å². The van der Waals surface area contributed by atoms with Gasteiger partial charge in [-0.05, 0) is 5.56 Å². The zero-order valence-corrected chi connectivity index (χ0v) is 12.3. The molecule has 0 radical (unpaired) electrons. The fraction of sp³-hybridized carbons (Fsp3) is 0.467. The van der Waals surface area contributed by atoms with E-state index < -0.39 is 36.5 Å². The second-order valence-corrected chi connectivity index (χ2v) is 5.97. The molecule has 1 aliphatic heterocycles.